The van der Waals surface area contributed by atoms with Gasteiger partial charge in [0, 0.05) is 5.02 Å². The molecule has 0 saturated carbocycles. The molecule has 17 heavy (non-hydrogen) atoms. The summed E-state index contributed by atoms with van der Waals surface area (Å²) >= 11 is 9.22. The molecule has 94 valence electrons. The van der Waals surface area contributed by atoms with Crippen molar-refractivity contribution >= 4 is 39.1 Å². The third-order valence-corrected chi connectivity index (χ3v) is 2.85. The molecule has 0 saturated heterocycles. The van der Waals surface area contributed by atoms with Gasteiger partial charge in [0.2, 0.25) is 5.91 Å². The Morgan fingerprint density at radius 1 is 1.53 bits per heavy atom. The van der Waals surface area contributed by atoms with E-state index in [1.165, 1.54) is 7.11 Å². The predicted molar refractivity (Wildman–Crippen MR) is 72.6 cm³/mol. The molecule has 3 N–H and O–H groups in total. The molecule has 0 aliphatic heterocycles. The van der Waals surface area contributed by atoms with Crippen molar-refractivity contribution in [2.24, 2.45) is 5.73 Å². The normalized spacial score (nSPS) is 11.2. The Bertz CT molecular complexity index is 444. The first-order chi connectivity index (χ1) is 7.75. The minimum Gasteiger partial charge on any atom is -0.493 e. The average Bonchev–Trinajstić information content (AvgIpc) is 2.15. The van der Waals surface area contributed by atoms with Gasteiger partial charge in [-0.15, -0.1) is 0 Å². The van der Waals surface area contributed by atoms with Crippen molar-refractivity contribution < 1.29 is 9.53 Å². The fourth-order valence-electron chi connectivity index (χ4n) is 1.14. The molecular weight excluding hydrogens is 307 g/mol. The van der Waals surface area contributed by atoms with Crippen molar-refractivity contribution in [3.8, 4) is 5.75 Å². The van der Waals surface area contributed by atoms with Gasteiger partial charge in [-0.1, -0.05) is 11.6 Å². The Morgan fingerprint density at radius 2 is 2.12 bits per heavy atom. The van der Waals surface area contributed by atoms with Crippen molar-refractivity contribution in [1.82, 2.24) is 0 Å². The molecule has 0 atom stereocenters. The average molecular weight is 322 g/mol. The number of anilines is 1. The highest BCUT2D eigenvalue weighted by molar-refractivity contribution is 9.10. The van der Waals surface area contributed by atoms with E-state index in [-0.39, 0.29) is 5.91 Å². The van der Waals surface area contributed by atoms with Gasteiger partial charge in [-0.2, -0.15) is 0 Å². The van der Waals surface area contributed by atoms with Gasteiger partial charge >= 0.3 is 0 Å². The van der Waals surface area contributed by atoms with E-state index in [1.807, 2.05) is 0 Å². The number of amides is 1. The molecule has 0 fully saturated rings. The number of carbonyl (C=O) groups excluding carboxylic acids is 1. The molecule has 0 unspecified atom stereocenters. The summed E-state index contributed by atoms with van der Waals surface area (Å²) in [5.74, 6) is 0.192. The van der Waals surface area contributed by atoms with E-state index in [0.29, 0.717) is 20.9 Å². The van der Waals surface area contributed by atoms with E-state index < -0.39 is 5.54 Å². The fraction of sp³-hybridized carbons (Fsp3) is 0.364. The summed E-state index contributed by atoms with van der Waals surface area (Å²) in [6.45, 7) is 3.24. The van der Waals surface area contributed by atoms with Gasteiger partial charge in [0.15, 0.2) is 5.75 Å². The molecule has 0 bridgehead atoms. The number of halogens is 2. The second-order valence-corrected chi connectivity index (χ2v) is 5.44. The van der Waals surface area contributed by atoms with Gasteiger partial charge < -0.3 is 15.8 Å². The number of ether oxygens (including phenoxy) is 1. The van der Waals surface area contributed by atoms with Crippen LogP contribution < -0.4 is 15.8 Å². The molecule has 1 rings (SSSR count). The lowest BCUT2D eigenvalue weighted by Crippen LogP contribution is -2.45. The summed E-state index contributed by atoms with van der Waals surface area (Å²) in [5.41, 5.74) is 5.21. The summed E-state index contributed by atoms with van der Waals surface area (Å²) in [4.78, 5) is 11.8. The first-order valence-corrected chi connectivity index (χ1v) is 6.06. The van der Waals surface area contributed by atoms with Crippen molar-refractivity contribution in [3.63, 3.8) is 0 Å². The minimum absolute atomic E-state index is 0.315. The van der Waals surface area contributed by atoms with Crippen molar-refractivity contribution in [2.75, 3.05) is 12.4 Å². The molecule has 1 aromatic rings. The number of carbonyl (C=O) groups is 1. The molecule has 0 aliphatic rings. The molecule has 0 heterocycles. The van der Waals surface area contributed by atoms with Crippen LogP contribution in [0.3, 0.4) is 0 Å². The molecule has 1 amide bonds. The van der Waals surface area contributed by atoms with E-state index in [2.05, 4.69) is 21.2 Å². The SMILES string of the molecule is COc1c(Br)cc(Cl)cc1NC(=O)C(C)(C)N. The summed E-state index contributed by atoms with van der Waals surface area (Å²) in [6.07, 6.45) is 0. The third kappa shape index (κ3) is 3.59. The van der Waals surface area contributed by atoms with E-state index in [9.17, 15) is 4.79 Å². The second-order valence-electron chi connectivity index (χ2n) is 4.14. The smallest absolute Gasteiger partial charge is 0.243 e. The van der Waals surface area contributed by atoms with Crippen molar-refractivity contribution in [2.45, 2.75) is 19.4 Å². The highest BCUT2D eigenvalue weighted by Crippen LogP contribution is 2.36. The largest absolute Gasteiger partial charge is 0.493 e. The zero-order valence-corrected chi connectivity index (χ0v) is 12.1. The van der Waals surface area contributed by atoms with E-state index in [4.69, 9.17) is 22.1 Å². The Labute approximate surface area is 114 Å². The maximum Gasteiger partial charge on any atom is 0.243 e. The van der Waals surface area contributed by atoms with Crippen LogP contribution >= 0.6 is 27.5 Å². The molecule has 0 aliphatic carbocycles. The van der Waals surface area contributed by atoms with Gasteiger partial charge in [-0.05, 0) is 41.9 Å². The van der Waals surface area contributed by atoms with Gasteiger partial charge in [0.05, 0.1) is 22.8 Å². The van der Waals surface area contributed by atoms with Crippen LogP contribution in [0.15, 0.2) is 16.6 Å². The Morgan fingerprint density at radius 3 is 2.59 bits per heavy atom. The Hall–Kier alpha value is -0.780. The zero-order valence-electron chi connectivity index (χ0n) is 9.80. The van der Waals surface area contributed by atoms with Crippen LogP contribution in [0.1, 0.15) is 13.8 Å². The van der Waals surface area contributed by atoms with Crippen LogP contribution in [0.2, 0.25) is 5.02 Å². The van der Waals surface area contributed by atoms with Crippen LogP contribution in [0.4, 0.5) is 5.69 Å². The molecule has 0 spiro atoms. The number of hydrogen-bond donors (Lipinski definition) is 2. The van der Waals surface area contributed by atoms with Crippen molar-refractivity contribution in [3.05, 3.63) is 21.6 Å². The lowest BCUT2D eigenvalue weighted by atomic mass is 10.1. The van der Waals surface area contributed by atoms with Gasteiger partial charge in [0.1, 0.15) is 0 Å². The number of methoxy groups -OCH3 is 1. The maximum absolute atomic E-state index is 11.8. The van der Waals surface area contributed by atoms with Gasteiger partial charge in [-0.25, -0.2) is 0 Å². The van der Waals surface area contributed by atoms with Crippen LogP contribution in [-0.2, 0) is 4.79 Å². The lowest BCUT2D eigenvalue weighted by molar-refractivity contribution is -0.120. The van der Waals surface area contributed by atoms with Gasteiger partial charge in [0.25, 0.3) is 0 Å². The summed E-state index contributed by atoms with van der Waals surface area (Å²) in [6, 6.07) is 3.29. The molecule has 6 heteroatoms. The highest BCUT2D eigenvalue weighted by atomic mass is 79.9. The van der Waals surface area contributed by atoms with Crippen LogP contribution in [0, 0.1) is 0 Å². The number of benzene rings is 1. The predicted octanol–water partition coefficient (Wildman–Crippen LogP) is 2.79. The Balaban J connectivity index is 3.10. The Kier molecular flexibility index (Phi) is 4.41. The highest BCUT2D eigenvalue weighted by Gasteiger charge is 2.23. The van der Waals surface area contributed by atoms with E-state index in [1.54, 1.807) is 26.0 Å². The second kappa shape index (κ2) is 5.25. The van der Waals surface area contributed by atoms with Crippen LogP contribution in [0.5, 0.6) is 5.75 Å². The number of nitrogens with one attached hydrogen (secondary N) is 1. The lowest BCUT2D eigenvalue weighted by Gasteiger charge is -2.19. The fourth-order valence-corrected chi connectivity index (χ4v) is 2.12. The number of nitrogens with two attached hydrogens (primary N) is 1. The summed E-state index contributed by atoms with van der Waals surface area (Å²) < 4.78 is 5.85. The van der Waals surface area contributed by atoms with E-state index >= 15 is 0 Å². The third-order valence-electron chi connectivity index (χ3n) is 2.05. The topological polar surface area (TPSA) is 64.3 Å². The van der Waals surface area contributed by atoms with Crippen LogP contribution in [-0.4, -0.2) is 18.6 Å². The first-order valence-electron chi connectivity index (χ1n) is 4.89. The number of hydrogen-bond acceptors (Lipinski definition) is 3. The molecular formula is C11H14BrClN2O2. The molecule has 0 radical (unpaired) electrons. The first kappa shape index (κ1) is 14.3. The maximum atomic E-state index is 11.8. The summed E-state index contributed by atoms with van der Waals surface area (Å²) in [7, 11) is 1.51. The minimum atomic E-state index is -0.972. The summed E-state index contributed by atoms with van der Waals surface area (Å²) in [5, 5.41) is 3.17. The quantitative estimate of drug-likeness (QED) is 0.900. The zero-order chi connectivity index (χ0) is 13.2. The number of rotatable bonds is 3. The van der Waals surface area contributed by atoms with Crippen molar-refractivity contribution in [1.29, 1.82) is 0 Å². The van der Waals surface area contributed by atoms with Gasteiger partial charge in [-0.3, -0.25) is 4.79 Å². The molecule has 4 nitrogen and oxygen atoms in total. The van der Waals surface area contributed by atoms with E-state index in [0.717, 1.165) is 0 Å². The molecule has 0 aromatic heterocycles. The monoisotopic (exact) mass is 320 g/mol. The molecule has 1 aromatic carbocycles. The van der Waals surface area contributed by atoms with Crippen LogP contribution in [0.25, 0.3) is 0 Å². The standard InChI is InChI=1S/C11H14BrClN2O2/c1-11(2,14)10(16)15-8-5-6(13)4-7(12)9(8)17-3/h4-5H,14H2,1-3H3,(H,15,16).